The molecular formula is C17H25NO2. The van der Waals surface area contributed by atoms with Gasteiger partial charge in [-0.1, -0.05) is 18.2 Å². The van der Waals surface area contributed by atoms with Crippen molar-refractivity contribution in [2.24, 2.45) is 11.8 Å². The largest absolute Gasteiger partial charge is 0.481 e. The summed E-state index contributed by atoms with van der Waals surface area (Å²) >= 11 is 0. The number of nitrogens with one attached hydrogen (secondary N) is 1. The molecule has 1 fully saturated rings. The third-order valence-corrected chi connectivity index (χ3v) is 4.53. The first-order valence-electron chi connectivity index (χ1n) is 7.56. The predicted octanol–water partition coefficient (Wildman–Crippen LogP) is 3.28. The highest BCUT2D eigenvalue weighted by Gasteiger charge is 2.25. The molecule has 3 nitrogen and oxygen atoms in total. The third-order valence-electron chi connectivity index (χ3n) is 4.53. The van der Waals surface area contributed by atoms with Gasteiger partial charge in [0.2, 0.25) is 0 Å². The SMILES string of the molecule is Cc1ccc(CNCC2CCC(C(=O)O)CC2)cc1C. The highest BCUT2D eigenvalue weighted by atomic mass is 16.4. The van der Waals surface area contributed by atoms with E-state index >= 15 is 0 Å². The number of rotatable bonds is 5. The summed E-state index contributed by atoms with van der Waals surface area (Å²) in [6.07, 6.45) is 3.75. The van der Waals surface area contributed by atoms with Gasteiger partial charge in [0.1, 0.15) is 0 Å². The Hall–Kier alpha value is -1.35. The van der Waals surface area contributed by atoms with E-state index in [9.17, 15) is 4.79 Å². The third kappa shape index (κ3) is 4.07. The number of aryl methyl sites for hydroxylation is 2. The number of benzene rings is 1. The fourth-order valence-corrected chi connectivity index (χ4v) is 2.95. The van der Waals surface area contributed by atoms with Crippen molar-refractivity contribution in [1.29, 1.82) is 0 Å². The number of carboxylic acids is 1. The van der Waals surface area contributed by atoms with Crippen LogP contribution in [0.2, 0.25) is 0 Å². The standard InChI is InChI=1S/C17H25NO2/c1-12-3-4-15(9-13(12)2)11-18-10-14-5-7-16(8-6-14)17(19)20/h3-4,9,14,16,18H,5-8,10-11H2,1-2H3,(H,19,20). The second-order valence-corrected chi connectivity index (χ2v) is 6.11. The molecule has 110 valence electrons. The topological polar surface area (TPSA) is 49.3 Å². The van der Waals surface area contributed by atoms with Crippen LogP contribution in [0.15, 0.2) is 18.2 Å². The lowest BCUT2D eigenvalue weighted by atomic mass is 9.82. The Morgan fingerprint density at radius 1 is 1.20 bits per heavy atom. The molecule has 2 rings (SSSR count). The minimum Gasteiger partial charge on any atom is -0.481 e. The fourth-order valence-electron chi connectivity index (χ4n) is 2.95. The first-order chi connectivity index (χ1) is 9.56. The zero-order chi connectivity index (χ0) is 14.5. The van der Waals surface area contributed by atoms with Crippen LogP contribution in [-0.2, 0) is 11.3 Å². The van der Waals surface area contributed by atoms with Gasteiger partial charge in [0.25, 0.3) is 0 Å². The van der Waals surface area contributed by atoms with E-state index < -0.39 is 5.97 Å². The van der Waals surface area contributed by atoms with Crippen LogP contribution < -0.4 is 5.32 Å². The Labute approximate surface area is 121 Å². The van der Waals surface area contributed by atoms with Gasteiger partial charge in [-0.05, 0) is 68.7 Å². The van der Waals surface area contributed by atoms with Crippen molar-refractivity contribution >= 4 is 5.97 Å². The molecule has 20 heavy (non-hydrogen) atoms. The summed E-state index contributed by atoms with van der Waals surface area (Å²) in [4.78, 5) is 10.9. The molecule has 1 aliphatic carbocycles. The molecular weight excluding hydrogens is 250 g/mol. The number of hydrogen-bond donors (Lipinski definition) is 2. The van der Waals surface area contributed by atoms with Crippen molar-refractivity contribution in [2.45, 2.75) is 46.1 Å². The van der Waals surface area contributed by atoms with Gasteiger partial charge in [0.15, 0.2) is 0 Å². The Morgan fingerprint density at radius 3 is 2.50 bits per heavy atom. The molecule has 1 saturated carbocycles. The van der Waals surface area contributed by atoms with E-state index in [-0.39, 0.29) is 5.92 Å². The van der Waals surface area contributed by atoms with Crippen LogP contribution in [0.1, 0.15) is 42.4 Å². The van der Waals surface area contributed by atoms with E-state index in [4.69, 9.17) is 5.11 Å². The molecule has 0 unspecified atom stereocenters. The van der Waals surface area contributed by atoms with E-state index in [0.29, 0.717) is 5.92 Å². The molecule has 3 heteroatoms. The first kappa shape index (κ1) is 15.0. The van der Waals surface area contributed by atoms with Gasteiger partial charge in [0, 0.05) is 6.54 Å². The summed E-state index contributed by atoms with van der Waals surface area (Å²) in [6.45, 7) is 6.18. The lowest BCUT2D eigenvalue weighted by Gasteiger charge is -2.26. The van der Waals surface area contributed by atoms with E-state index in [0.717, 1.165) is 38.8 Å². The summed E-state index contributed by atoms with van der Waals surface area (Å²) in [6, 6.07) is 6.59. The van der Waals surface area contributed by atoms with Gasteiger partial charge in [-0.25, -0.2) is 0 Å². The molecule has 0 aliphatic heterocycles. The molecule has 0 saturated heterocycles. The quantitative estimate of drug-likeness (QED) is 0.867. The second kappa shape index (κ2) is 6.89. The second-order valence-electron chi connectivity index (χ2n) is 6.11. The average Bonchev–Trinajstić information content (AvgIpc) is 2.43. The maximum atomic E-state index is 10.9. The van der Waals surface area contributed by atoms with Crippen LogP contribution in [0.5, 0.6) is 0 Å². The summed E-state index contributed by atoms with van der Waals surface area (Å²) in [7, 11) is 0. The molecule has 1 aromatic carbocycles. The van der Waals surface area contributed by atoms with Gasteiger partial charge in [-0.3, -0.25) is 4.79 Å². The van der Waals surface area contributed by atoms with Crippen molar-refractivity contribution in [3.8, 4) is 0 Å². The molecule has 1 aromatic rings. The average molecular weight is 275 g/mol. The van der Waals surface area contributed by atoms with E-state index in [2.05, 4.69) is 37.4 Å². The Morgan fingerprint density at radius 2 is 1.90 bits per heavy atom. The van der Waals surface area contributed by atoms with Crippen LogP contribution in [0.3, 0.4) is 0 Å². The molecule has 0 spiro atoms. The fraction of sp³-hybridized carbons (Fsp3) is 0.588. The monoisotopic (exact) mass is 275 g/mol. The van der Waals surface area contributed by atoms with Crippen LogP contribution in [-0.4, -0.2) is 17.6 Å². The normalized spacial score (nSPS) is 22.7. The van der Waals surface area contributed by atoms with Crippen molar-refractivity contribution < 1.29 is 9.90 Å². The number of aliphatic carboxylic acids is 1. The Balaban J connectivity index is 1.71. The molecule has 0 amide bonds. The molecule has 0 aromatic heterocycles. The lowest BCUT2D eigenvalue weighted by molar-refractivity contribution is -0.143. The molecule has 0 heterocycles. The Bertz CT molecular complexity index is 462. The zero-order valence-electron chi connectivity index (χ0n) is 12.5. The first-order valence-corrected chi connectivity index (χ1v) is 7.56. The van der Waals surface area contributed by atoms with Gasteiger partial charge in [0.05, 0.1) is 5.92 Å². The number of carbonyl (C=O) groups is 1. The molecule has 0 atom stereocenters. The molecule has 0 bridgehead atoms. The number of hydrogen-bond acceptors (Lipinski definition) is 2. The summed E-state index contributed by atoms with van der Waals surface area (Å²) in [5, 5.41) is 12.5. The van der Waals surface area contributed by atoms with E-state index in [1.807, 2.05) is 0 Å². The van der Waals surface area contributed by atoms with Gasteiger partial charge >= 0.3 is 5.97 Å². The van der Waals surface area contributed by atoms with Gasteiger partial charge in [-0.15, -0.1) is 0 Å². The van der Waals surface area contributed by atoms with Gasteiger partial charge < -0.3 is 10.4 Å². The van der Waals surface area contributed by atoms with Crippen LogP contribution in [0.4, 0.5) is 0 Å². The zero-order valence-corrected chi connectivity index (χ0v) is 12.5. The van der Waals surface area contributed by atoms with Crippen molar-refractivity contribution in [3.05, 3.63) is 34.9 Å². The van der Waals surface area contributed by atoms with E-state index in [1.54, 1.807) is 0 Å². The van der Waals surface area contributed by atoms with Crippen molar-refractivity contribution in [3.63, 3.8) is 0 Å². The molecule has 2 N–H and O–H groups in total. The van der Waals surface area contributed by atoms with Crippen LogP contribution in [0, 0.1) is 25.7 Å². The van der Waals surface area contributed by atoms with Crippen molar-refractivity contribution in [2.75, 3.05) is 6.54 Å². The van der Waals surface area contributed by atoms with Gasteiger partial charge in [-0.2, -0.15) is 0 Å². The maximum absolute atomic E-state index is 10.9. The highest BCUT2D eigenvalue weighted by Crippen LogP contribution is 2.28. The summed E-state index contributed by atoms with van der Waals surface area (Å²) in [5.74, 6) is -0.0883. The molecule has 0 radical (unpaired) electrons. The lowest BCUT2D eigenvalue weighted by Crippen LogP contribution is -2.28. The van der Waals surface area contributed by atoms with Crippen molar-refractivity contribution in [1.82, 2.24) is 5.32 Å². The summed E-state index contributed by atoms with van der Waals surface area (Å²) < 4.78 is 0. The minimum atomic E-state index is -0.619. The molecule has 1 aliphatic rings. The Kier molecular flexibility index (Phi) is 5.18. The van der Waals surface area contributed by atoms with Crippen LogP contribution >= 0.6 is 0 Å². The smallest absolute Gasteiger partial charge is 0.306 e. The highest BCUT2D eigenvalue weighted by molar-refractivity contribution is 5.69. The summed E-state index contributed by atoms with van der Waals surface area (Å²) in [5.41, 5.74) is 4.00. The predicted molar refractivity (Wildman–Crippen MR) is 80.7 cm³/mol. The number of carboxylic acid groups (broad SMARTS) is 1. The van der Waals surface area contributed by atoms with Crippen LogP contribution in [0.25, 0.3) is 0 Å². The maximum Gasteiger partial charge on any atom is 0.306 e. The minimum absolute atomic E-state index is 0.106. The van der Waals surface area contributed by atoms with E-state index in [1.165, 1.54) is 16.7 Å².